The van der Waals surface area contributed by atoms with Gasteiger partial charge in [-0.25, -0.2) is 4.68 Å². The van der Waals surface area contributed by atoms with Gasteiger partial charge in [0.15, 0.2) is 0 Å². The molecule has 0 bridgehead atoms. The number of morpholine rings is 1. The van der Waals surface area contributed by atoms with Crippen LogP contribution >= 0.6 is 23.2 Å². The van der Waals surface area contributed by atoms with Gasteiger partial charge >= 0.3 is 0 Å². The van der Waals surface area contributed by atoms with Gasteiger partial charge in [-0.3, -0.25) is 9.69 Å². The first-order chi connectivity index (χ1) is 12.1. The van der Waals surface area contributed by atoms with Crippen LogP contribution in [-0.2, 0) is 11.8 Å². The topological polar surface area (TPSA) is 59.4 Å². The average molecular weight is 383 g/mol. The Hall–Kier alpha value is -1.60. The van der Waals surface area contributed by atoms with Crippen molar-refractivity contribution in [3.8, 4) is 0 Å². The number of aromatic nitrogens is 2. The fourth-order valence-corrected chi connectivity index (χ4v) is 3.24. The maximum Gasteiger partial charge on any atom is 0.287 e. The number of hydrogen-bond donors (Lipinski definition) is 1. The van der Waals surface area contributed by atoms with Crippen molar-refractivity contribution < 1.29 is 4.74 Å². The predicted molar refractivity (Wildman–Crippen MR) is 99.6 cm³/mol. The lowest BCUT2D eigenvalue weighted by Crippen LogP contribution is -2.41. The molecule has 1 aromatic heterocycles. The minimum Gasteiger partial charge on any atom is -0.380 e. The van der Waals surface area contributed by atoms with Crippen LogP contribution in [0.25, 0.3) is 0 Å². The number of hydrogen-bond acceptors (Lipinski definition) is 5. The summed E-state index contributed by atoms with van der Waals surface area (Å²) in [5.74, 6) is 0. The standard InChI is InChI=1S/C17H20Cl2N4O2/c1-22-17(24)16(19)14(10-21-22)20-11-15(23-6-8-25-9-7-23)12-2-4-13(18)5-3-12/h2-5,10,15,20H,6-9,11H2,1H3. The van der Waals surface area contributed by atoms with Crippen molar-refractivity contribution in [1.82, 2.24) is 14.7 Å². The highest BCUT2D eigenvalue weighted by Crippen LogP contribution is 2.25. The fraction of sp³-hybridized carbons (Fsp3) is 0.412. The Bertz CT molecular complexity index is 773. The van der Waals surface area contributed by atoms with Crippen LogP contribution in [-0.4, -0.2) is 47.5 Å². The molecule has 0 saturated carbocycles. The van der Waals surface area contributed by atoms with Gasteiger partial charge in [0, 0.05) is 31.7 Å². The minimum atomic E-state index is -0.318. The second-order valence-electron chi connectivity index (χ2n) is 5.90. The third-order valence-corrected chi connectivity index (χ3v) is 4.92. The Labute approximate surface area is 156 Å². The number of benzene rings is 1. The van der Waals surface area contributed by atoms with Gasteiger partial charge < -0.3 is 10.1 Å². The lowest BCUT2D eigenvalue weighted by molar-refractivity contribution is 0.0187. The zero-order chi connectivity index (χ0) is 17.8. The molecule has 1 fully saturated rings. The number of ether oxygens (including phenoxy) is 1. The molecular weight excluding hydrogens is 363 g/mol. The molecule has 1 unspecified atom stereocenters. The Balaban J connectivity index is 1.81. The summed E-state index contributed by atoms with van der Waals surface area (Å²) in [6.07, 6.45) is 1.57. The van der Waals surface area contributed by atoms with Crippen molar-refractivity contribution in [2.45, 2.75) is 6.04 Å². The minimum absolute atomic E-state index is 0.112. The van der Waals surface area contributed by atoms with Crippen LogP contribution in [0.5, 0.6) is 0 Å². The number of anilines is 1. The quantitative estimate of drug-likeness (QED) is 0.860. The van der Waals surface area contributed by atoms with Crippen molar-refractivity contribution >= 4 is 28.9 Å². The molecule has 3 rings (SSSR count). The predicted octanol–water partition coefficient (Wildman–Crippen LogP) is 2.57. The Kier molecular flexibility index (Phi) is 5.96. The van der Waals surface area contributed by atoms with E-state index in [1.807, 2.05) is 24.3 Å². The molecule has 2 heterocycles. The van der Waals surface area contributed by atoms with Crippen LogP contribution in [0.2, 0.25) is 10.0 Å². The molecule has 134 valence electrons. The lowest BCUT2D eigenvalue weighted by Gasteiger charge is -2.35. The van der Waals surface area contributed by atoms with Gasteiger partial charge in [0.05, 0.1) is 31.1 Å². The summed E-state index contributed by atoms with van der Waals surface area (Å²) in [5, 5.41) is 8.14. The first kappa shape index (κ1) is 18.2. The van der Waals surface area contributed by atoms with Gasteiger partial charge in [0.2, 0.25) is 0 Å². The van der Waals surface area contributed by atoms with Gasteiger partial charge in [-0.05, 0) is 17.7 Å². The molecule has 6 nitrogen and oxygen atoms in total. The molecule has 1 N–H and O–H groups in total. The zero-order valence-corrected chi connectivity index (χ0v) is 15.4. The third-order valence-electron chi connectivity index (χ3n) is 4.31. The van der Waals surface area contributed by atoms with Crippen LogP contribution in [0, 0.1) is 0 Å². The highest BCUT2D eigenvalue weighted by atomic mass is 35.5. The van der Waals surface area contributed by atoms with Gasteiger partial charge in [-0.2, -0.15) is 5.10 Å². The van der Waals surface area contributed by atoms with Crippen molar-refractivity contribution in [1.29, 1.82) is 0 Å². The number of rotatable bonds is 5. The van der Waals surface area contributed by atoms with Gasteiger partial charge in [0.25, 0.3) is 5.56 Å². The molecule has 1 aliphatic rings. The van der Waals surface area contributed by atoms with Gasteiger partial charge in [-0.1, -0.05) is 35.3 Å². The Morgan fingerprint density at radius 2 is 1.92 bits per heavy atom. The van der Waals surface area contributed by atoms with Crippen molar-refractivity contribution in [2.24, 2.45) is 7.05 Å². The SMILES string of the molecule is Cn1ncc(NCC(c2ccc(Cl)cc2)N2CCOCC2)c(Cl)c1=O. The third kappa shape index (κ3) is 4.33. The van der Waals surface area contributed by atoms with Gasteiger partial charge in [0.1, 0.15) is 5.02 Å². The second-order valence-corrected chi connectivity index (χ2v) is 6.71. The second kappa shape index (κ2) is 8.19. The van der Waals surface area contributed by atoms with E-state index in [1.165, 1.54) is 4.68 Å². The van der Waals surface area contributed by atoms with E-state index in [9.17, 15) is 4.79 Å². The molecule has 1 aromatic carbocycles. The molecule has 1 saturated heterocycles. The summed E-state index contributed by atoms with van der Waals surface area (Å²) < 4.78 is 6.67. The summed E-state index contributed by atoms with van der Waals surface area (Å²) in [4.78, 5) is 14.3. The molecule has 0 amide bonds. The van der Waals surface area contributed by atoms with Crippen LogP contribution < -0.4 is 10.9 Å². The fourth-order valence-electron chi connectivity index (χ4n) is 2.87. The van der Waals surface area contributed by atoms with E-state index in [-0.39, 0.29) is 16.6 Å². The molecule has 1 aliphatic heterocycles. The summed E-state index contributed by atoms with van der Waals surface area (Å²) in [5.41, 5.74) is 1.37. The van der Waals surface area contributed by atoms with E-state index in [0.29, 0.717) is 30.5 Å². The molecule has 0 aliphatic carbocycles. The van der Waals surface area contributed by atoms with Crippen LogP contribution in [0.4, 0.5) is 5.69 Å². The van der Waals surface area contributed by atoms with Crippen molar-refractivity contribution in [2.75, 3.05) is 38.2 Å². The van der Waals surface area contributed by atoms with E-state index in [2.05, 4.69) is 15.3 Å². The summed E-state index contributed by atoms with van der Waals surface area (Å²) >= 11 is 12.2. The van der Waals surface area contributed by atoms with Crippen LogP contribution in [0.15, 0.2) is 35.3 Å². The average Bonchev–Trinajstić information content (AvgIpc) is 2.64. The normalized spacial score (nSPS) is 16.6. The highest BCUT2D eigenvalue weighted by Gasteiger charge is 2.23. The number of nitrogens with zero attached hydrogens (tertiary/aromatic N) is 3. The first-order valence-corrected chi connectivity index (χ1v) is 8.85. The van der Waals surface area contributed by atoms with E-state index in [4.69, 9.17) is 27.9 Å². The molecule has 0 radical (unpaired) electrons. The lowest BCUT2D eigenvalue weighted by atomic mass is 10.0. The summed E-state index contributed by atoms with van der Waals surface area (Å²) in [7, 11) is 1.57. The zero-order valence-electron chi connectivity index (χ0n) is 13.9. The van der Waals surface area contributed by atoms with E-state index >= 15 is 0 Å². The molecule has 1 atom stereocenters. The van der Waals surface area contributed by atoms with E-state index < -0.39 is 0 Å². The maximum atomic E-state index is 11.9. The highest BCUT2D eigenvalue weighted by molar-refractivity contribution is 6.32. The largest absolute Gasteiger partial charge is 0.380 e. The Morgan fingerprint density at radius 3 is 2.60 bits per heavy atom. The van der Waals surface area contributed by atoms with E-state index in [1.54, 1.807) is 13.2 Å². The number of aryl methyl sites for hydroxylation is 1. The van der Waals surface area contributed by atoms with Crippen LogP contribution in [0.1, 0.15) is 11.6 Å². The molecule has 8 heteroatoms. The van der Waals surface area contributed by atoms with Crippen molar-refractivity contribution in [3.63, 3.8) is 0 Å². The molecule has 0 spiro atoms. The first-order valence-electron chi connectivity index (χ1n) is 8.09. The maximum absolute atomic E-state index is 11.9. The molecule has 2 aromatic rings. The van der Waals surface area contributed by atoms with Crippen LogP contribution in [0.3, 0.4) is 0 Å². The monoisotopic (exact) mass is 382 g/mol. The molecule has 25 heavy (non-hydrogen) atoms. The number of halogens is 2. The summed E-state index contributed by atoms with van der Waals surface area (Å²) in [6, 6.07) is 7.93. The van der Waals surface area contributed by atoms with E-state index in [0.717, 1.165) is 18.7 Å². The summed E-state index contributed by atoms with van der Waals surface area (Å²) in [6.45, 7) is 3.70. The van der Waals surface area contributed by atoms with Crippen molar-refractivity contribution in [3.05, 3.63) is 56.4 Å². The molecular formula is C17H20Cl2N4O2. The van der Waals surface area contributed by atoms with Gasteiger partial charge in [-0.15, -0.1) is 0 Å². The smallest absolute Gasteiger partial charge is 0.287 e. The number of nitrogens with one attached hydrogen (secondary N) is 1. The Morgan fingerprint density at radius 1 is 1.24 bits per heavy atom.